The maximum atomic E-state index is 12.1. The van der Waals surface area contributed by atoms with Crippen LogP contribution in [-0.4, -0.2) is 11.6 Å². The van der Waals surface area contributed by atoms with Gasteiger partial charge in [0.2, 0.25) is 0 Å². The van der Waals surface area contributed by atoms with E-state index in [0.29, 0.717) is 17.9 Å². The summed E-state index contributed by atoms with van der Waals surface area (Å²) < 4.78 is 5.56. The topological polar surface area (TPSA) is 42.1 Å². The Bertz CT molecular complexity index is 614. The van der Waals surface area contributed by atoms with E-state index in [-0.39, 0.29) is 5.43 Å². The summed E-state index contributed by atoms with van der Waals surface area (Å²) in [6, 6.07) is 7.35. The normalized spacial score (nSPS) is 11.2. The third-order valence-electron chi connectivity index (χ3n) is 2.96. The Kier molecular flexibility index (Phi) is 4.25. The van der Waals surface area contributed by atoms with E-state index in [0.717, 1.165) is 29.8 Å². The SMILES string of the molecule is CCCOc1ccc2[nH]c(CC(C)C)cc(=O)c2c1. The van der Waals surface area contributed by atoms with Crippen LogP contribution in [0, 0.1) is 5.92 Å². The molecule has 19 heavy (non-hydrogen) atoms. The van der Waals surface area contributed by atoms with E-state index in [4.69, 9.17) is 4.74 Å². The monoisotopic (exact) mass is 259 g/mol. The van der Waals surface area contributed by atoms with Crippen molar-refractivity contribution in [3.8, 4) is 5.75 Å². The van der Waals surface area contributed by atoms with Gasteiger partial charge < -0.3 is 9.72 Å². The number of ether oxygens (including phenoxy) is 1. The zero-order chi connectivity index (χ0) is 13.8. The summed E-state index contributed by atoms with van der Waals surface area (Å²) in [5, 5.41) is 0.695. The first-order valence-corrected chi connectivity index (χ1v) is 6.89. The number of benzene rings is 1. The Morgan fingerprint density at radius 3 is 2.74 bits per heavy atom. The second kappa shape index (κ2) is 5.91. The number of hydrogen-bond donors (Lipinski definition) is 1. The summed E-state index contributed by atoms with van der Waals surface area (Å²) in [5.41, 5.74) is 1.94. The number of rotatable bonds is 5. The zero-order valence-corrected chi connectivity index (χ0v) is 11.8. The molecule has 1 heterocycles. The van der Waals surface area contributed by atoms with Gasteiger partial charge in [0.25, 0.3) is 0 Å². The van der Waals surface area contributed by atoms with E-state index in [9.17, 15) is 4.79 Å². The smallest absolute Gasteiger partial charge is 0.189 e. The van der Waals surface area contributed by atoms with E-state index in [2.05, 4.69) is 25.8 Å². The third kappa shape index (κ3) is 3.37. The molecule has 0 fully saturated rings. The number of nitrogens with one attached hydrogen (secondary N) is 1. The van der Waals surface area contributed by atoms with Crippen molar-refractivity contribution in [2.24, 2.45) is 5.92 Å². The van der Waals surface area contributed by atoms with E-state index in [1.54, 1.807) is 6.07 Å². The third-order valence-corrected chi connectivity index (χ3v) is 2.96. The zero-order valence-electron chi connectivity index (χ0n) is 11.8. The molecule has 0 aliphatic carbocycles. The van der Waals surface area contributed by atoms with E-state index in [1.807, 2.05) is 18.2 Å². The highest BCUT2D eigenvalue weighted by atomic mass is 16.5. The average Bonchev–Trinajstić information content (AvgIpc) is 2.36. The summed E-state index contributed by atoms with van der Waals surface area (Å²) in [4.78, 5) is 15.5. The van der Waals surface area contributed by atoms with Gasteiger partial charge in [-0.15, -0.1) is 0 Å². The van der Waals surface area contributed by atoms with Gasteiger partial charge in [0, 0.05) is 22.7 Å². The van der Waals surface area contributed by atoms with E-state index in [1.165, 1.54) is 0 Å². The number of aromatic amines is 1. The van der Waals surface area contributed by atoms with Crippen LogP contribution in [0.1, 0.15) is 32.9 Å². The van der Waals surface area contributed by atoms with Gasteiger partial charge >= 0.3 is 0 Å². The Morgan fingerprint density at radius 1 is 1.26 bits per heavy atom. The fraction of sp³-hybridized carbons (Fsp3) is 0.438. The van der Waals surface area contributed by atoms with Crippen LogP contribution in [-0.2, 0) is 6.42 Å². The molecule has 0 aliphatic rings. The maximum absolute atomic E-state index is 12.1. The lowest BCUT2D eigenvalue weighted by atomic mass is 10.1. The highest BCUT2D eigenvalue weighted by Crippen LogP contribution is 2.18. The van der Waals surface area contributed by atoms with Crippen molar-refractivity contribution in [2.75, 3.05) is 6.61 Å². The molecule has 2 aromatic rings. The molecule has 0 bridgehead atoms. The van der Waals surface area contributed by atoms with Gasteiger partial charge in [-0.1, -0.05) is 20.8 Å². The van der Waals surface area contributed by atoms with Crippen molar-refractivity contribution in [1.29, 1.82) is 0 Å². The highest BCUT2D eigenvalue weighted by Gasteiger charge is 2.05. The second-order valence-electron chi connectivity index (χ2n) is 5.31. The largest absolute Gasteiger partial charge is 0.494 e. The Balaban J connectivity index is 2.39. The summed E-state index contributed by atoms with van der Waals surface area (Å²) in [6.45, 7) is 7.02. The molecule has 0 atom stereocenters. The van der Waals surface area contributed by atoms with Crippen LogP contribution in [0.2, 0.25) is 0 Å². The van der Waals surface area contributed by atoms with Gasteiger partial charge in [-0.2, -0.15) is 0 Å². The fourth-order valence-corrected chi connectivity index (χ4v) is 2.14. The maximum Gasteiger partial charge on any atom is 0.189 e. The molecule has 0 amide bonds. The molecule has 0 radical (unpaired) electrons. The van der Waals surface area contributed by atoms with Gasteiger partial charge in [0.15, 0.2) is 5.43 Å². The lowest BCUT2D eigenvalue weighted by Crippen LogP contribution is -2.07. The number of aromatic nitrogens is 1. The van der Waals surface area contributed by atoms with Crippen LogP contribution in [0.5, 0.6) is 5.75 Å². The molecule has 102 valence electrons. The predicted molar refractivity (Wildman–Crippen MR) is 78.9 cm³/mol. The molecule has 1 N–H and O–H groups in total. The van der Waals surface area contributed by atoms with Crippen molar-refractivity contribution >= 4 is 10.9 Å². The minimum absolute atomic E-state index is 0.0614. The van der Waals surface area contributed by atoms with Crippen LogP contribution in [0.15, 0.2) is 29.1 Å². The molecule has 0 saturated heterocycles. The minimum Gasteiger partial charge on any atom is -0.494 e. The van der Waals surface area contributed by atoms with Crippen molar-refractivity contribution in [3.63, 3.8) is 0 Å². The molecule has 3 nitrogen and oxygen atoms in total. The Morgan fingerprint density at radius 2 is 2.05 bits per heavy atom. The van der Waals surface area contributed by atoms with Gasteiger partial charge in [-0.05, 0) is 37.0 Å². The van der Waals surface area contributed by atoms with Gasteiger partial charge in [-0.25, -0.2) is 0 Å². The fourth-order valence-electron chi connectivity index (χ4n) is 2.14. The molecule has 3 heteroatoms. The van der Waals surface area contributed by atoms with Crippen LogP contribution in [0.4, 0.5) is 0 Å². The number of hydrogen-bond acceptors (Lipinski definition) is 2. The Labute approximate surface area is 113 Å². The second-order valence-corrected chi connectivity index (χ2v) is 5.31. The molecular formula is C16H21NO2. The predicted octanol–water partition coefficient (Wildman–Crippen LogP) is 3.52. The molecule has 1 aromatic carbocycles. The highest BCUT2D eigenvalue weighted by molar-refractivity contribution is 5.80. The number of fused-ring (bicyclic) bond motifs is 1. The minimum atomic E-state index is 0.0614. The van der Waals surface area contributed by atoms with Crippen LogP contribution in [0.3, 0.4) is 0 Å². The molecule has 0 aliphatic heterocycles. The first-order valence-electron chi connectivity index (χ1n) is 6.89. The van der Waals surface area contributed by atoms with Crippen molar-refractivity contribution in [2.45, 2.75) is 33.6 Å². The van der Waals surface area contributed by atoms with Crippen LogP contribution < -0.4 is 10.2 Å². The molecule has 2 rings (SSSR count). The molecular weight excluding hydrogens is 238 g/mol. The lowest BCUT2D eigenvalue weighted by molar-refractivity contribution is 0.318. The van der Waals surface area contributed by atoms with E-state index >= 15 is 0 Å². The summed E-state index contributed by atoms with van der Waals surface area (Å²) in [5.74, 6) is 1.29. The first kappa shape index (κ1) is 13.7. The summed E-state index contributed by atoms with van der Waals surface area (Å²) >= 11 is 0. The van der Waals surface area contributed by atoms with Crippen LogP contribution >= 0.6 is 0 Å². The molecule has 0 saturated carbocycles. The van der Waals surface area contributed by atoms with Crippen molar-refractivity contribution in [3.05, 3.63) is 40.2 Å². The first-order chi connectivity index (χ1) is 9.10. The van der Waals surface area contributed by atoms with Gasteiger partial charge in [0.1, 0.15) is 5.75 Å². The molecule has 0 unspecified atom stereocenters. The van der Waals surface area contributed by atoms with Crippen molar-refractivity contribution < 1.29 is 4.74 Å². The van der Waals surface area contributed by atoms with E-state index < -0.39 is 0 Å². The van der Waals surface area contributed by atoms with Crippen molar-refractivity contribution in [1.82, 2.24) is 4.98 Å². The van der Waals surface area contributed by atoms with Crippen LogP contribution in [0.25, 0.3) is 10.9 Å². The summed E-state index contributed by atoms with van der Waals surface area (Å²) in [7, 11) is 0. The quantitative estimate of drug-likeness (QED) is 0.892. The number of H-pyrrole nitrogens is 1. The Hall–Kier alpha value is -1.77. The molecule has 0 spiro atoms. The van der Waals surface area contributed by atoms with Gasteiger partial charge in [0.05, 0.1) is 6.61 Å². The average molecular weight is 259 g/mol. The summed E-state index contributed by atoms with van der Waals surface area (Å²) in [6.07, 6.45) is 1.85. The molecule has 1 aromatic heterocycles. The number of pyridine rings is 1. The van der Waals surface area contributed by atoms with Gasteiger partial charge in [-0.3, -0.25) is 4.79 Å². The standard InChI is InChI=1S/C16H21NO2/c1-4-7-19-13-5-6-15-14(10-13)16(18)9-12(17-15)8-11(2)3/h5-6,9-11H,4,7-8H2,1-3H3,(H,17,18). The lowest BCUT2D eigenvalue weighted by Gasteiger charge is -2.09.